The van der Waals surface area contributed by atoms with Gasteiger partial charge in [-0.15, -0.1) is 11.8 Å². The molecule has 2 heterocycles. The summed E-state index contributed by atoms with van der Waals surface area (Å²) in [6.07, 6.45) is 1.53. The third kappa shape index (κ3) is 3.74. The lowest BCUT2D eigenvalue weighted by molar-refractivity contribution is -0.384. The predicted octanol–water partition coefficient (Wildman–Crippen LogP) is 5.06. The molecule has 1 aromatic heterocycles. The van der Waals surface area contributed by atoms with Crippen molar-refractivity contribution in [1.29, 1.82) is 0 Å². The van der Waals surface area contributed by atoms with E-state index in [9.17, 15) is 19.7 Å². The quantitative estimate of drug-likeness (QED) is 0.302. The van der Waals surface area contributed by atoms with E-state index in [-0.39, 0.29) is 16.2 Å². The molecule has 4 rings (SSSR count). The van der Waals surface area contributed by atoms with Gasteiger partial charge in [-0.3, -0.25) is 19.7 Å². The Morgan fingerprint density at radius 3 is 2.30 bits per heavy atom. The number of thioether (sulfide) groups is 1. The molecule has 1 aliphatic rings. The molecule has 2 amide bonds. The van der Waals surface area contributed by atoms with E-state index in [1.165, 1.54) is 42.3 Å². The lowest BCUT2D eigenvalue weighted by Crippen LogP contribution is -2.31. The summed E-state index contributed by atoms with van der Waals surface area (Å²) in [7, 11) is 0. The van der Waals surface area contributed by atoms with E-state index in [1.54, 1.807) is 36.4 Å². The maximum absolute atomic E-state index is 13.2. The van der Waals surface area contributed by atoms with Crippen molar-refractivity contribution in [1.82, 2.24) is 0 Å². The van der Waals surface area contributed by atoms with Gasteiger partial charge < -0.3 is 4.42 Å². The number of amides is 2. The molecule has 0 radical (unpaired) electrons. The summed E-state index contributed by atoms with van der Waals surface area (Å²) in [6, 6.07) is 15.4. The molecule has 1 aliphatic heterocycles. The molecule has 2 aromatic carbocycles. The minimum absolute atomic E-state index is 0.101. The monoisotopic (exact) mass is 440 g/mol. The Morgan fingerprint density at radius 2 is 1.70 bits per heavy atom. The van der Waals surface area contributed by atoms with Crippen molar-refractivity contribution in [2.75, 3.05) is 4.90 Å². The predicted molar refractivity (Wildman–Crippen MR) is 114 cm³/mol. The number of imide groups is 1. The summed E-state index contributed by atoms with van der Waals surface area (Å²) in [6.45, 7) is 0. The van der Waals surface area contributed by atoms with Crippen LogP contribution in [0.25, 0.3) is 5.57 Å². The molecule has 9 heteroatoms. The van der Waals surface area contributed by atoms with Crippen molar-refractivity contribution in [2.24, 2.45) is 0 Å². The normalized spacial score (nSPS) is 14.0. The van der Waals surface area contributed by atoms with Gasteiger partial charge in [-0.2, -0.15) is 0 Å². The summed E-state index contributed by atoms with van der Waals surface area (Å²) in [4.78, 5) is 38.2. The van der Waals surface area contributed by atoms with Crippen LogP contribution < -0.4 is 4.90 Å². The van der Waals surface area contributed by atoms with Crippen LogP contribution in [0, 0.1) is 10.1 Å². The van der Waals surface area contributed by atoms with Crippen molar-refractivity contribution in [3.8, 4) is 0 Å². The van der Waals surface area contributed by atoms with Crippen molar-refractivity contribution < 1.29 is 18.9 Å². The first-order chi connectivity index (χ1) is 14.5. The smallest absolute Gasteiger partial charge is 0.272 e. The minimum Gasteiger partial charge on any atom is -0.468 e. The van der Waals surface area contributed by atoms with Crippen molar-refractivity contribution in [3.05, 3.63) is 98.3 Å². The molecule has 0 fully saturated rings. The number of nitro benzene ring substituents is 1. The van der Waals surface area contributed by atoms with Crippen molar-refractivity contribution in [3.63, 3.8) is 0 Å². The zero-order valence-corrected chi connectivity index (χ0v) is 16.9. The second kappa shape index (κ2) is 8.17. The molecule has 150 valence electrons. The minimum atomic E-state index is -0.521. The highest BCUT2D eigenvalue weighted by atomic mass is 35.5. The Morgan fingerprint density at radius 1 is 1.00 bits per heavy atom. The Bertz CT molecular complexity index is 1160. The van der Waals surface area contributed by atoms with Crippen LogP contribution in [0.15, 0.2) is 76.2 Å². The van der Waals surface area contributed by atoms with Crippen LogP contribution in [0.5, 0.6) is 0 Å². The van der Waals surface area contributed by atoms with Crippen LogP contribution in [0.3, 0.4) is 0 Å². The number of anilines is 1. The van der Waals surface area contributed by atoms with E-state index in [2.05, 4.69) is 0 Å². The number of carbonyl (C=O) groups is 2. The van der Waals surface area contributed by atoms with Crippen molar-refractivity contribution >= 4 is 52.1 Å². The molecule has 0 spiro atoms. The van der Waals surface area contributed by atoms with Gasteiger partial charge in [0.05, 0.1) is 33.1 Å². The number of nitro groups is 1. The lowest BCUT2D eigenvalue weighted by Gasteiger charge is -2.15. The van der Waals surface area contributed by atoms with Crippen molar-refractivity contribution in [2.45, 2.75) is 5.75 Å². The number of hydrogen-bond donors (Lipinski definition) is 0. The summed E-state index contributed by atoms with van der Waals surface area (Å²) in [5, 5.41) is 11.4. The Kier molecular flexibility index (Phi) is 5.43. The molecule has 0 N–H and O–H groups in total. The van der Waals surface area contributed by atoms with Crippen LogP contribution in [0.1, 0.15) is 11.3 Å². The molecule has 0 aliphatic carbocycles. The lowest BCUT2D eigenvalue weighted by atomic mass is 10.1. The fraction of sp³-hybridized carbons (Fsp3) is 0.0476. The first-order valence-electron chi connectivity index (χ1n) is 8.74. The average Bonchev–Trinajstić information content (AvgIpc) is 3.34. The Balaban J connectivity index is 1.74. The number of hydrogen-bond acceptors (Lipinski definition) is 6. The second-order valence-electron chi connectivity index (χ2n) is 6.30. The summed E-state index contributed by atoms with van der Waals surface area (Å²) >= 11 is 7.11. The Hall–Kier alpha value is -3.36. The van der Waals surface area contributed by atoms with Gasteiger partial charge in [0.2, 0.25) is 0 Å². The summed E-state index contributed by atoms with van der Waals surface area (Å²) < 4.78 is 5.32. The fourth-order valence-corrected chi connectivity index (χ4v) is 4.15. The highest BCUT2D eigenvalue weighted by Crippen LogP contribution is 2.40. The molecule has 0 saturated carbocycles. The average molecular weight is 441 g/mol. The van der Waals surface area contributed by atoms with Gasteiger partial charge in [-0.1, -0.05) is 11.6 Å². The number of rotatable bonds is 6. The van der Waals surface area contributed by atoms with Gasteiger partial charge in [-0.25, -0.2) is 4.90 Å². The van der Waals surface area contributed by atoms with Gasteiger partial charge >= 0.3 is 0 Å². The van der Waals surface area contributed by atoms with Crippen LogP contribution in [0.4, 0.5) is 11.4 Å². The van der Waals surface area contributed by atoms with Gasteiger partial charge in [0.1, 0.15) is 5.76 Å². The number of nitrogens with zero attached hydrogens (tertiary/aromatic N) is 2. The fourth-order valence-electron chi connectivity index (χ4n) is 3.01. The van der Waals surface area contributed by atoms with Gasteiger partial charge in [0.15, 0.2) is 0 Å². The number of halogens is 1. The summed E-state index contributed by atoms with van der Waals surface area (Å²) in [5.74, 6) is 0.0397. The molecule has 0 unspecified atom stereocenters. The number of non-ortho nitro benzene ring substituents is 1. The molecular formula is C21H13ClN2O5S. The van der Waals surface area contributed by atoms with E-state index in [1.807, 2.05) is 0 Å². The van der Waals surface area contributed by atoms with E-state index in [4.69, 9.17) is 16.0 Å². The van der Waals surface area contributed by atoms with Crippen LogP contribution in [-0.2, 0) is 15.3 Å². The molecule has 30 heavy (non-hydrogen) atoms. The molecule has 0 atom stereocenters. The molecule has 3 aromatic rings. The van der Waals surface area contributed by atoms with E-state index < -0.39 is 16.7 Å². The molecular weight excluding hydrogens is 428 g/mol. The SMILES string of the molecule is O=C1C(SCc2ccco2)=C(c2ccc([N+](=O)[O-])cc2)C(=O)N1c1ccc(Cl)cc1. The van der Waals surface area contributed by atoms with E-state index in [0.717, 1.165) is 4.90 Å². The van der Waals surface area contributed by atoms with Gasteiger partial charge in [0.25, 0.3) is 17.5 Å². The zero-order valence-electron chi connectivity index (χ0n) is 15.3. The topological polar surface area (TPSA) is 93.7 Å². The van der Waals surface area contributed by atoms with Crippen LogP contribution in [0.2, 0.25) is 5.02 Å². The standard InChI is InChI=1S/C21H13ClN2O5S/c22-14-5-9-15(10-6-14)23-20(25)18(13-3-7-16(8-4-13)24(27)28)19(21(23)26)30-12-17-2-1-11-29-17/h1-11H,12H2. The summed E-state index contributed by atoms with van der Waals surface area (Å²) in [5.41, 5.74) is 0.914. The first-order valence-corrected chi connectivity index (χ1v) is 10.1. The number of benzene rings is 2. The highest BCUT2D eigenvalue weighted by molar-refractivity contribution is 8.03. The number of carbonyl (C=O) groups excluding carboxylic acids is 2. The molecule has 7 nitrogen and oxygen atoms in total. The molecule has 0 bridgehead atoms. The highest BCUT2D eigenvalue weighted by Gasteiger charge is 2.40. The largest absolute Gasteiger partial charge is 0.468 e. The maximum atomic E-state index is 13.2. The maximum Gasteiger partial charge on any atom is 0.272 e. The number of furan rings is 1. The van der Waals surface area contributed by atoms with E-state index >= 15 is 0 Å². The third-order valence-electron chi connectivity index (χ3n) is 4.43. The zero-order chi connectivity index (χ0) is 21.3. The first kappa shape index (κ1) is 19.9. The van der Waals surface area contributed by atoms with Crippen LogP contribution >= 0.6 is 23.4 Å². The third-order valence-corrected chi connectivity index (χ3v) is 5.78. The van der Waals surface area contributed by atoms with E-state index in [0.29, 0.717) is 27.8 Å². The van der Waals surface area contributed by atoms with Gasteiger partial charge in [-0.05, 0) is 54.1 Å². The van der Waals surface area contributed by atoms with Gasteiger partial charge in [0, 0.05) is 17.2 Å². The molecule has 0 saturated heterocycles. The Labute approximate surface area is 180 Å². The second-order valence-corrected chi connectivity index (χ2v) is 7.72. The van der Waals surface area contributed by atoms with Crippen LogP contribution in [-0.4, -0.2) is 16.7 Å².